The van der Waals surface area contributed by atoms with E-state index in [2.05, 4.69) is 60.7 Å². The Kier molecular flexibility index (Phi) is 19.2. The first-order valence-electron chi connectivity index (χ1n) is 14.3. The number of benzene rings is 2. The van der Waals surface area contributed by atoms with Crippen LogP contribution in [-0.4, -0.2) is 81.4 Å². The standard InChI is InChI=1S/C15H21N5OS2.C9H6N2S2.C6H12N2O.H3N/c1-10-11(18-14(16)22)5-4-6-12(10)19-15(23)17-9-13(21)20-7-2-3-8-20;1-7-8(10-5-12)3-2-4-9(7)11-6-13;7-5-6(9)8-3-1-2-4-8;/h4-6H,2-3,7-9H2,1H3,(H3,16,18,22)(H2,17,19,23);2-4H,1H3;1-5,7H2;1H3. The van der Waals surface area contributed by atoms with Gasteiger partial charge in [0.15, 0.2) is 10.2 Å². The Hall–Kier alpha value is -3.72. The number of anilines is 2. The van der Waals surface area contributed by atoms with Crippen LogP contribution < -0.4 is 33.6 Å². The minimum atomic E-state index is 0. The van der Waals surface area contributed by atoms with Crippen LogP contribution in [0.5, 0.6) is 0 Å². The van der Waals surface area contributed by atoms with Gasteiger partial charge in [0.25, 0.3) is 0 Å². The van der Waals surface area contributed by atoms with Crippen LogP contribution in [0.2, 0.25) is 0 Å². The third-order valence-corrected chi connectivity index (χ3v) is 7.47. The summed E-state index contributed by atoms with van der Waals surface area (Å²) >= 11 is 19.1. The third kappa shape index (κ3) is 13.7. The zero-order valence-corrected chi connectivity index (χ0v) is 29.4. The monoisotopic (exact) mass is 702 g/mol. The van der Waals surface area contributed by atoms with Crippen molar-refractivity contribution in [2.75, 3.05) is 49.9 Å². The van der Waals surface area contributed by atoms with Crippen LogP contribution in [0.3, 0.4) is 0 Å². The number of nitrogens with one attached hydrogen (secondary N) is 3. The molecule has 0 atom stereocenters. The zero-order chi connectivity index (χ0) is 33.2. The van der Waals surface area contributed by atoms with E-state index in [0.717, 1.165) is 85.7 Å². The molecule has 0 spiro atoms. The molecule has 2 aromatic carbocycles. The first-order chi connectivity index (χ1) is 21.6. The summed E-state index contributed by atoms with van der Waals surface area (Å²) in [4.78, 5) is 34.3. The van der Waals surface area contributed by atoms with Crippen molar-refractivity contribution in [3.05, 3.63) is 47.5 Å². The molecule has 248 valence electrons. The fraction of sp³-hybridized carbons (Fsp3) is 0.400. The second-order valence-corrected chi connectivity index (χ2v) is 11.2. The molecular formula is C30H42N10O2S4. The number of likely N-dealkylation sites (tertiary alicyclic amines) is 2. The topological polar surface area (TPSA) is 188 Å². The van der Waals surface area contributed by atoms with Gasteiger partial charge in [0.05, 0.1) is 34.8 Å². The summed E-state index contributed by atoms with van der Waals surface area (Å²) in [5, 5.41) is 14.2. The average molecular weight is 703 g/mol. The van der Waals surface area contributed by atoms with Crippen molar-refractivity contribution in [2.45, 2.75) is 39.5 Å². The van der Waals surface area contributed by atoms with Crippen molar-refractivity contribution >= 4 is 104 Å². The van der Waals surface area contributed by atoms with Crippen LogP contribution in [0.1, 0.15) is 36.8 Å². The summed E-state index contributed by atoms with van der Waals surface area (Å²) < 4.78 is 0. The van der Waals surface area contributed by atoms with Gasteiger partial charge in [-0.25, -0.2) is 0 Å². The summed E-state index contributed by atoms with van der Waals surface area (Å²) in [7, 11) is 0. The predicted octanol–water partition coefficient (Wildman–Crippen LogP) is 4.75. The summed E-state index contributed by atoms with van der Waals surface area (Å²) in [6.45, 7) is 7.71. The summed E-state index contributed by atoms with van der Waals surface area (Å²) in [6, 6.07) is 11.2. The molecule has 46 heavy (non-hydrogen) atoms. The molecular weight excluding hydrogens is 661 g/mol. The number of amides is 2. The van der Waals surface area contributed by atoms with Gasteiger partial charge in [-0.15, -0.1) is 0 Å². The molecule has 16 heteroatoms. The minimum Gasteiger partial charge on any atom is -0.376 e. The molecule has 2 fully saturated rings. The largest absolute Gasteiger partial charge is 0.376 e. The number of hydrogen-bond donors (Lipinski definition) is 6. The van der Waals surface area contributed by atoms with Crippen molar-refractivity contribution in [1.29, 1.82) is 0 Å². The number of isothiocyanates is 2. The Balaban J connectivity index is 0.000000387. The molecule has 2 aliphatic rings. The zero-order valence-electron chi connectivity index (χ0n) is 26.1. The quantitative estimate of drug-likeness (QED) is 0.172. The van der Waals surface area contributed by atoms with Crippen LogP contribution in [0.25, 0.3) is 0 Å². The first-order valence-corrected chi connectivity index (χ1v) is 16.0. The van der Waals surface area contributed by atoms with Gasteiger partial charge in [-0.05, 0) is 118 Å². The number of nitrogens with zero attached hydrogens (tertiary/aromatic N) is 4. The highest BCUT2D eigenvalue weighted by Gasteiger charge is 2.18. The lowest BCUT2D eigenvalue weighted by atomic mass is 10.1. The molecule has 4 rings (SSSR count). The first kappa shape index (κ1) is 40.3. The van der Waals surface area contributed by atoms with E-state index in [0.29, 0.717) is 5.11 Å². The second kappa shape index (κ2) is 21.9. The molecule has 2 amide bonds. The van der Waals surface area contributed by atoms with Crippen molar-refractivity contribution in [2.24, 2.45) is 21.5 Å². The van der Waals surface area contributed by atoms with Crippen molar-refractivity contribution < 1.29 is 9.59 Å². The fourth-order valence-corrected chi connectivity index (χ4v) is 4.98. The molecule has 0 aromatic heterocycles. The second-order valence-electron chi connectivity index (χ2n) is 9.98. The number of carbonyl (C=O) groups excluding carboxylic acids is 2. The SMILES string of the molecule is Cc1c(N=C=S)cccc1N=C=S.Cc1c(NC(N)=S)cccc1NC(=S)NCC(=O)N1CCCC1.N.NCC(=O)N1CCCC1. The van der Waals surface area contributed by atoms with E-state index in [1.54, 1.807) is 0 Å². The molecule has 12 nitrogen and oxygen atoms in total. The molecule has 0 aliphatic carbocycles. The van der Waals surface area contributed by atoms with Crippen LogP contribution in [-0.2, 0) is 9.59 Å². The molecule has 0 radical (unpaired) electrons. The number of carbonyl (C=O) groups is 2. The van der Waals surface area contributed by atoms with Crippen LogP contribution in [0, 0.1) is 13.8 Å². The van der Waals surface area contributed by atoms with Gasteiger partial charge in [0.2, 0.25) is 11.8 Å². The van der Waals surface area contributed by atoms with Crippen molar-refractivity contribution in [1.82, 2.24) is 21.3 Å². The summed E-state index contributed by atoms with van der Waals surface area (Å²) in [6.07, 6.45) is 4.45. The average Bonchev–Trinajstić information content (AvgIpc) is 3.76. The van der Waals surface area contributed by atoms with Crippen LogP contribution >= 0.6 is 48.9 Å². The minimum absolute atomic E-state index is 0. The third-order valence-electron chi connectivity index (χ3n) is 6.94. The number of hydrogen-bond acceptors (Lipinski definition) is 10. The lowest BCUT2D eigenvalue weighted by Gasteiger charge is -2.18. The van der Waals surface area contributed by atoms with E-state index in [4.69, 9.17) is 35.9 Å². The molecule has 2 heterocycles. The maximum Gasteiger partial charge on any atom is 0.241 e. The Morgan fingerprint density at radius 1 is 0.804 bits per heavy atom. The highest BCUT2D eigenvalue weighted by Crippen LogP contribution is 2.27. The van der Waals surface area contributed by atoms with Crippen LogP contribution in [0.15, 0.2) is 46.4 Å². The molecule has 2 saturated heterocycles. The van der Waals surface area contributed by atoms with Gasteiger partial charge in [0.1, 0.15) is 0 Å². The molecule has 10 N–H and O–H groups in total. The molecule has 0 unspecified atom stereocenters. The number of nitrogens with two attached hydrogens (primary N) is 2. The highest BCUT2D eigenvalue weighted by molar-refractivity contribution is 7.80. The Bertz CT molecular complexity index is 1410. The van der Waals surface area contributed by atoms with E-state index in [1.807, 2.05) is 60.0 Å². The Morgan fingerprint density at radius 3 is 1.72 bits per heavy atom. The Morgan fingerprint density at radius 2 is 1.26 bits per heavy atom. The van der Waals surface area contributed by atoms with E-state index < -0.39 is 0 Å². The molecule has 0 bridgehead atoms. The van der Waals surface area contributed by atoms with Gasteiger partial charge in [-0.3, -0.25) is 9.59 Å². The van der Waals surface area contributed by atoms with E-state index in [-0.39, 0.29) is 36.2 Å². The summed E-state index contributed by atoms with van der Waals surface area (Å²) in [5.74, 6) is 0.166. The Labute approximate surface area is 292 Å². The fourth-order valence-electron chi connectivity index (χ4n) is 4.49. The molecule has 2 aliphatic heterocycles. The predicted molar refractivity (Wildman–Crippen MR) is 202 cm³/mol. The normalized spacial score (nSPS) is 12.8. The summed E-state index contributed by atoms with van der Waals surface area (Å²) in [5.41, 5.74) is 15.7. The lowest BCUT2D eigenvalue weighted by Crippen LogP contribution is -2.40. The van der Waals surface area contributed by atoms with Gasteiger partial charge >= 0.3 is 0 Å². The van der Waals surface area contributed by atoms with Crippen LogP contribution in [0.4, 0.5) is 22.7 Å². The van der Waals surface area contributed by atoms with E-state index in [9.17, 15) is 9.59 Å². The van der Waals surface area contributed by atoms with E-state index in [1.165, 1.54) is 0 Å². The van der Waals surface area contributed by atoms with Gasteiger partial charge in [-0.1, -0.05) is 12.1 Å². The maximum atomic E-state index is 12.0. The van der Waals surface area contributed by atoms with Crippen molar-refractivity contribution in [3.63, 3.8) is 0 Å². The lowest BCUT2D eigenvalue weighted by molar-refractivity contribution is -0.129. The number of thiocarbonyl (C=S) groups is 4. The van der Waals surface area contributed by atoms with Gasteiger partial charge < -0.3 is 43.4 Å². The highest BCUT2D eigenvalue weighted by atomic mass is 32.1. The van der Waals surface area contributed by atoms with E-state index >= 15 is 0 Å². The van der Waals surface area contributed by atoms with Gasteiger partial charge in [0, 0.05) is 43.1 Å². The number of aliphatic imine (C=N–C) groups is 2. The number of rotatable bonds is 7. The van der Waals surface area contributed by atoms with Crippen molar-refractivity contribution in [3.8, 4) is 0 Å². The van der Waals surface area contributed by atoms with Gasteiger partial charge in [-0.2, -0.15) is 9.98 Å². The maximum absolute atomic E-state index is 12.0. The smallest absolute Gasteiger partial charge is 0.241 e. The molecule has 0 saturated carbocycles. The molecule has 2 aromatic rings.